The van der Waals surface area contributed by atoms with Crippen LogP contribution in [0.2, 0.25) is 0 Å². The van der Waals surface area contributed by atoms with E-state index in [4.69, 9.17) is 4.74 Å². The summed E-state index contributed by atoms with van der Waals surface area (Å²) in [6, 6.07) is 3.32. The third-order valence-corrected chi connectivity index (χ3v) is 3.67. The molecule has 0 spiro atoms. The van der Waals surface area contributed by atoms with Crippen molar-refractivity contribution in [1.82, 2.24) is 9.97 Å². The molecule has 0 radical (unpaired) electrons. The minimum Gasteiger partial charge on any atom is -0.481 e. The second-order valence-electron chi connectivity index (χ2n) is 3.99. The second kappa shape index (κ2) is 5.76. The molecule has 0 saturated heterocycles. The van der Waals surface area contributed by atoms with Gasteiger partial charge in [0.05, 0.1) is 18.1 Å². The first kappa shape index (κ1) is 14.7. The lowest BCUT2D eigenvalue weighted by Crippen LogP contribution is -2.03. The Kier molecular flexibility index (Phi) is 4.24. The summed E-state index contributed by atoms with van der Waals surface area (Å²) in [5, 5.41) is 8.96. The fraction of sp³-hybridized carbons (Fsp3) is 0.333. The number of rotatable bonds is 4. The van der Waals surface area contributed by atoms with E-state index >= 15 is 0 Å². The highest BCUT2D eigenvalue weighted by Gasteiger charge is 2.35. The molecule has 20 heavy (non-hydrogen) atoms. The van der Waals surface area contributed by atoms with Crippen molar-refractivity contribution >= 4 is 11.3 Å². The first-order chi connectivity index (χ1) is 9.40. The van der Waals surface area contributed by atoms with Crippen molar-refractivity contribution in [1.29, 1.82) is 0 Å². The van der Waals surface area contributed by atoms with Crippen LogP contribution in [0.4, 0.5) is 13.2 Å². The molecule has 108 valence electrons. The van der Waals surface area contributed by atoms with E-state index in [-0.39, 0.29) is 11.3 Å². The standard InChI is InChI=1S/C12H11F3N2O2S/c1-19-10-3-2-7(5-16-10)4-8(18)9-6-17-11(20-9)12(13,14)15/h2-3,5-6,8,18H,4H2,1H3. The number of methoxy groups -OCH3 is 1. The van der Waals surface area contributed by atoms with Crippen molar-refractivity contribution in [3.8, 4) is 5.88 Å². The van der Waals surface area contributed by atoms with Crippen molar-refractivity contribution in [2.24, 2.45) is 0 Å². The average molecular weight is 304 g/mol. The number of aromatic nitrogens is 2. The van der Waals surface area contributed by atoms with Crippen molar-refractivity contribution in [3.05, 3.63) is 40.0 Å². The van der Waals surface area contributed by atoms with Gasteiger partial charge < -0.3 is 9.84 Å². The van der Waals surface area contributed by atoms with Gasteiger partial charge in [-0.15, -0.1) is 11.3 Å². The number of ether oxygens (including phenoxy) is 1. The van der Waals surface area contributed by atoms with Gasteiger partial charge in [0.2, 0.25) is 5.88 Å². The molecule has 0 amide bonds. The van der Waals surface area contributed by atoms with Gasteiger partial charge in [-0.3, -0.25) is 0 Å². The van der Waals surface area contributed by atoms with Crippen molar-refractivity contribution in [2.45, 2.75) is 18.7 Å². The molecule has 0 saturated carbocycles. The highest BCUT2D eigenvalue weighted by molar-refractivity contribution is 7.11. The van der Waals surface area contributed by atoms with Crippen LogP contribution in [0.3, 0.4) is 0 Å². The van der Waals surface area contributed by atoms with Gasteiger partial charge in [0.25, 0.3) is 0 Å². The van der Waals surface area contributed by atoms with Gasteiger partial charge in [-0.05, 0) is 5.56 Å². The van der Waals surface area contributed by atoms with Crippen LogP contribution in [0.5, 0.6) is 5.88 Å². The Balaban J connectivity index is 2.07. The molecule has 4 nitrogen and oxygen atoms in total. The molecule has 2 heterocycles. The van der Waals surface area contributed by atoms with Gasteiger partial charge in [0.15, 0.2) is 5.01 Å². The molecule has 0 aliphatic heterocycles. The number of hydrogen-bond donors (Lipinski definition) is 1. The molecule has 0 bridgehead atoms. The lowest BCUT2D eigenvalue weighted by molar-refractivity contribution is -0.137. The molecule has 2 rings (SSSR count). The Bertz CT molecular complexity index is 569. The molecular weight excluding hydrogens is 293 g/mol. The zero-order valence-electron chi connectivity index (χ0n) is 10.4. The molecule has 0 fully saturated rings. The zero-order valence-corrected chi connectivity index (χ0v) is 11.2. The number of nitrogens with zero attached hydrogens (tertiary/aromatic N) is 2. The smallest absolute Gasteiger partial charge is 0.443 e. The second-order valence-corrected chi connectivity index (χ2v) is 5.06. The summed E-state index contributed by atoms with van der Waals surface area (Å²) in [6.45, 7) is 0. The van der Waals surface area contributed by atoms with E-state index in [0.717, 1.165) is 6.20 Å². The van der Waals surface area contributed by atoms with Gasteiger partial charge in [-0.25, -0.2) is 9.97 Å². The van der Waals surface area contributed by atoms with Gasteiger partial charge >= 0.3 is 6.18 Å². The number of thiazole rings is 1. The molecule has 2 aromatic heterocycles. The monoisotopic (exact) mass is 304 g/mol. The maximum absolute atomic E-state index is 12.4. The number of alkyl halides is 3. The number of pyridine rings is 1. The predicted molar refractivity (Wildman–Crippen MR) is 66.6 cm³/mol. The van der Waals surface area contributed by atoms with E-state index in [1.54, 1.807) is 12.1 Å². The van der Waals surface area contributed by atoms with Gasteiger partial charge in [-0.2, -0.15) is 13.2 Å². The lowest BCUT2D eigenvalue weighted by Gasteiger charge is -2.08. The Morgan fingerprint density at radius 1 is 1.30 bits per heavy atom. The Labute approximate surface area is 116 Å². The van der Waals surface area contributed by atoms with Gasteiger partial charge in [-0.1, -0.05) is 6.07 Å². The van der Waals surface area contributed by atoms with Crippen LogP contribution in [0.15, 0.2) is 24.5 Å². The first-order valence-corrected chi connectivity index (χ1v) is 6.41. The molecule has 0 aliphatic rings. The Morgan fingerprint density at radius 2 is 2.05 bits per heavy atom. The quantitative estimate of drug-likeness (QED) is 0.943. The minimum atomic E-state index is -4.48. The number of hydrogen-bond acceptors (Lipinski definition) is 5. The number of halogens is 3. The van der Waals surface area contributed by atoms with E-state index in [2.05, 4.69) is 9.97 Å². The molecule has 0 aromatic carbocycles. The van der Waals surface area contributed by atoms with Crippen LogP contribution >= 0.6 is 11.3 Å². The lowest BCUT2D eigenvalue weighted by atomic mass is 10.1. The Hall–Kier alpha value is -1.67. The van der Waals surface area contributed by atoms with E-state index in [9.17, 15) is 18.3 Å². The summed E-state index contributed by atoms with van der Waals surface area (Å²) in [7, 11) is 1.48. The van der Waals surface area contributed by atoms with Gasteiger partial charge in [0.1, 0.15) is 0 Å². The van der Waals surface area contributed by atoms with Crippen LogP contribution in [0, 0.1) is 0 Å². The van der Waals surface area contributed by atoms with Crippen LogP contribution in [0.25, 0.3) is 0 Å². The molecule has 1 atom stereocenters. The normalized spacial score (nSPS) is 13.2. The fourth-order valence-electron chi connectivity index (χ4n) is 1.55. The fourth-order valence-corrected chi connectivity index (χ4v) is 2.32. The Morgan fingerprint density at radius 3 is 2.55 bits per heavy atom. The molecule has 8 heteroatoms. The summed E-state index contributed by atoms with van der Waals surface area (Å²) in [6.07, 6.45) is -2.80. The zero-order chi connectivity index (χ0) is 14.8. The van der Waals surface area contributed by atoms with Crippen LogP contribution in [0.1, 0.15) is 21.6 Å². The average Bonchev–Trinajstić information content (AvgIpc) is 2.89. The summed E-state index contributed by atoms with van der Waals surface area (Å²) < 4.78 is 42.1. The molecule has 1 N–H and O–H groups in total. The van der Waals surface area contributed by atoms with Crippen molar-refractivity contribution in [3.63, 3.8) is 0 Å². The largest absolute Gasteiger partial charge is 0.481 e. The highest BCUT2D eigenvalue weighted by atomic mass is 32.1. The SMILES string of the molecule is COc1ccc(CC(O)c2cnc(C(F)(F)F)s2)cn1. The highest BCUT2D eigenvalue weighted by Crippen LogP contribution is 2.35. The maximum Gasteiger partial charge on any atom is 0.443 e. The van der Waals surface area contributed by atoms with E-state index in [0.29, 0.717) is 22.8 Å². The third kappa shape index (κ3) is 3.45. The van der Waals surface area contributed by atoms with E-state index in [1.807, 2.05) is 0 Å². The molecule has 2 aromatic rings. The summed E-state index contributed by atoms with van der Waals surface area (Å²) >= 11 is 0.444. The van der Waals surface area contributed by atoms with E-state index in [1.165, 1.54) is 13.3 Å². The number of aliphatic hydroxyl groups excluding tert-OH is 1. The third-order valence-electron chi connectivity index (χ3n) is 2.53. The van der Waals surface area contributed by atoms with Crippen molar-refractivity contribution in [2.75, 3.05) is 7.11 Å². The van der Waals surface area contributed by atoms with Crippen LogP contribution in [-0.4, -0.2) is 22.2 Å². The van der Waals surface area contributed by atoms with Crippen LogP contribution < -0.4 is 4.74 Å². The predicted octanol–water partition coefficient (Wildman–Crippen LogP) is 2.84. The summed E-state index contributed by atoms with van der Waals surface area (Å²) in [5.74, 6) is 0.431. The van der Waals surface area contributed by atoms with Crippen molar-refractivity contribution < 1.29 is 23.0 Å². The van der Waals surface area contributed by atoms with E-state index < -0.39 is 17.3 Å². The summed E-state index contributed by atoms with van der Waals surface area (Å²) in [5.41, 5.74) is 0.695. The minimum absolute atomic E-state index is 0.163. The number of aliphatic hydroxyl groups is 1. The van der Waals surface area contributed by atoms with Crippen LogP contribution in [-0.2, 0) is 12.6 Å². The maximum atomic E-state index is 12.4. The molecular formula is C12H11F3N2O2S. The molecule has 0 aliphatic carbocycles. The molecule has 1 unspecified atom stereocenters. The first-order valence-electron chi connectivity index (χ1n) is 5.60. The summed E-state index contributed by atoms with van der Waals surface area (Å²) in [4.78, 5) is 7.41. The van der Waals surface area contributed by atoms with Gasteiger partial charge in [0, 0.05) is 24.9 Å². The topological polar surface area (TPSA) is 55.2 Å².